The maximum absolute atomic E-state index is 14.2. The number of halogens is 1. The molecular weight excluding hydrogens is 279 g/mol. The fraction of sp³-hybridized carbons (Fsp3) is 0.571. The molecule has 2 heterocycles. The normalized spacial score (nSPS) is 29.0. The highest BCUT2D eigenvalue weighted by Crippen LogP contribution is 2.38. The average Bonchev–Trinajstić information content (AvgIpc) is 2.49. The predicted molar refractivity (Wildman–Crippen MR) is 72.1 cm³/mol. The molecule has 21 heavy (non-hydrogen) atoms. The Hall–Kier alpha value is -1.73. The van der Waals surface area contributed by atoms with Crippen LogP contribution in [0.2, 0.25) is 0 Å². The van der Waals surface area contributed by atoms with Gasteiger partial charge in [-0.15, -0.1) is 0 Å². The molecule has 1 aliphatic heterocycles. The molecule has 1 saturated heterocycles. The van der Waals surface area contributed by atoms with Crippen molar-refractivity contribution in [3.05, 3.63) is 23.6 Å². The highest BCUT2D eigenvalue weighted by Gasteiger charge is 2.48. The molecule has 0 amide bonds. The van der Waals surface area contributed by atoms with E-state index in [-0.39, 0.29) is 24.2 Å². The zero-order chi connectivity index (χ0) is 15.6. The van der Waals surface area contributed by atoms with E-state index in [1.165, 1.54) is 20.3 Å². The summed E-state index contributed by atoms with van der Waals surface area (Å²) in [5, 5.41) is 0. The van der Waals surface area contributed by atoms with Gasteiger partial charge in [0.2, 0.25) is 5.88 Å². The van der Waals surface area contributed by atoms with Crippen LogP contribution < -0.4 is 10.5 Å². The number of nitrogens with zero attached hydrogens (tertiary/aromatic N) is 1. The van der Waals surface area contributed by atoms with Crippen molar-refractivity contribution in [2.24, 2.45) is 11.7 Å². The molecular formula is C14H19FN2O4. The summed E-state index contributed by atoms with van der Waals surface area (Å²) in [6.07, 6.45) is 1.22. The number of methoxy groups -OCH3 is 2. The second-order valence-electron chi connectivity index (χ2n) is 5.18. The Morgan fingerprint density at radius 1 is 1.57 bits per heavy atom. The number of nitrogens with two attached hydrogens (primary N) is 1. The molecule has 0 radical (unpaired) electrons. The van der Waals surface area contributed by atoms with Crippen LogP contribution in [0.3, 0.4) is 0 Å². The van der Waals surface area contributed by atoms with Crippen molar-refractivity contribution in [3.63, 3.8) is 0 Å². The third-order valence-electron chi connectivity index (χ3n) is 3.82. The van der Waals surface area contributed by atoms with Gasteiger partial charge in [-0.3, -0.25) is 4.79 Å². The van der Waals surface area contributed by atoms with Gasteiger partial charge in [0.25, 0.3) is 0 Å². The average molecular weight is 298 g/mol. The number of carbonyl (C=O) groups is 1. The zero-order valence-electron chi connectivity index (χ0n) is 12.3. The number of aromatic nitrogens is 1. The molecule has 116 valence electrons. The van der Waals surface area contributed by atoms with Crippen molar-refractivity contribution >= 4 is 5.97 Å². The predicted octanol–water partition coefficient (Wildman–Crippen LogP) is 0.981. The smallest absolute Gasteiger partial charge is 0.311 e. The van der Waals surface area contributed by atoms with E-state index < -0.39 is 23.2 Å². The molecule has 0 spiro atoms. The van der Waals surface area contributed by atoms with Gasteiger partial charge in [-0.05, 0) is 13.3 Å². The molecule has 2 N–H and O–H groups in total. The first-order valence-corrected chi connectivity index (χ1v) is 6.60. The SMILES string of the molecule is COC(=O)[C@@H]1C[C@H](C)OC[C@@]1(N)c1cc(OC)ncc1F. The topological polar surface area (TPSA) is 83.7 Å². The van der Waals surface area contributed by atoms with E-state index >= 15 is 0 Å². The summed E-state index contributed by atoms with van der Waals surface area (Å²) in [5.41, 5.74) is 5.15. The number of rotatable bonds is 3. The summed E-state index contributed by atoms with van der Waals surface area (Å²) in [5.74, 6) is -1.57. The van der Waals surface area contributed by atoms with Crippen molar-refractivity contribution in [1.82, 2.24) is 4.98 Å². The van der Waals surface area contributed by atoms with Gasteiger partial charge in [-0.25, -0.2) is 9.37 Å². The van der Waals surface area contributed by atoms with Crippen LogP contribution in [-0.4, -0.2) is 37.9 Å². The van der Waals surface area contributed by atoms with Crippen LogP contribution in [0.25, 0.3) is 0 Å². The van der Waals surface area contributed by atoms with Crippen molar-refractivity contribution in [2.45, 2.75) is 25.0 Å². The van der Waals surface area contributed by atoms with Crippen LogP contribution in [0.4, 0.5) is 4.39 Å². The molecule has 1 fully saturated rings. The lowest BCUT2D eigenvalue weighted by atomic mass is 9.75. The summed E-state index contributed by atoms with van der Waals surface area (Å²) in [7, 11) is 2.71. The van der Waals surface area contributed by atoms with Gasteiger partial charge in [0.1, 0.15) is 5.82 Å². The minimum Gasteiger partial charge on any atom is -0.481 e. The largest absolute Gasteiger partial charge is 0.481 e. The number of carbonyl (C=O) groups excluding carboxylic acids is 1. The van der Waals surface area contributed by atoms with Gasteiger partial charge in [0.05, 0.1) is 44.6 Å². The Morgan fingerprint density at radius 3 is 2.90 bits per heavy atom. The van der Waals surface area contributed by atoms with Gasteiger partial charge in [-0.1, -0.05) is 0 Å². The standard InChI is InChI=1S/C14H19FN2O4/c1-8-4-10(13(18)20-3)14(16,7-21-8)9-5-12(19-2)17-6-11(9)15/h5-6,8,10H,4,7,16H2,1-3H3/t8-,10-,14+/m0/s1. The van der Waals surface area contributed by atoms with Crippen molar-refractivity contribution < 1.29 is 23.4 Å². The molecule has 0 aromatic carbocycles. The molecule has 7 heteroatoms. The third-order valence-corrected chi connectivity index (χ3v) is 3.82. The second kappa shape index (κ2) is 5.95. The summed E-state index contributed by atoms with van der Waals surface area (Å²) < 4.78 is 29.5. The highest BCUT2D eigenvalue weighted by molar-refractivity contribution is 5.74. The Morgan fingerprint density at radius 2 is 2.29 bits per heavy atom. The number of esters is 1. The molecule has 1 aromatic heterocycles. The Labute approximate surface area is 122 Å². The van der Waals surface area contributed by atoms with E-state index in [0.29, 0.717) is 6.42 Å². The monoisotopic (exact) mass is 298 g/mol. The zero-order valence-corrected chi connectivity index (χ0v) is 12.3. The number of ether oxygens (including phenoxy) is 3. The molecule has 0 saturated carbocycles. The quantitative estimate of drug-likeness (QED) is 0.838. The fourth-order valence-electron chi connectivity index (χ4n) is 2.59. The lowest BCUT2D eigenvalue weighted by Crippen LogP contribution is -2.56. The van der Waals surface area contributed by atoms with Crippen LogP contribution in [0.5, 0.6) is 5.88 Å². The minimum absolute atomic E-state index is 0.0119. The maximum atomic E-state index is 14.2. The lowest BCUT2D eigenvalue weighted by molar-refractivity contribution is -0.157. The molecule has 0 bridgehead atoms. The van der Waals surface area contributed by atoms with Crippen LogP contribution in [0.1, 0.15) is 18.9 Å². The van der Waals surface area contributed by atoms with Gasteiger partial charge < -0.3 is 19.9 Å². The second-order valence-corrected chi connectivity index (χ2v) is 5.18. The Bertz CT molecular complexity index is 540. The molecule has 3 atom stereocenters. The third kappa shape index (κ3) is 2.84. The van der Waals surface area contributed by atoms with E-state index in [1.807, 2.05) is 6.92 Å². The number of hydrogen-bond donors (Lipinski definition) is 1. The number of pyridine rings is 1. The van der Waals surface area contributed by atoms with E-state index in [2.05, 4.69) is 4.98 Å². The highest BCUT2D eigenvalue weighted by atomic mass is 19.1. The van der Waals surface area contributed by atoms with Crippen LogP contribution in [0, 0.1) is 11.7 Å². The summed E-state index contributed by atoms with van der Waals surface area (Å²) in [6, 6.07) is 1.39. The molecule has 1 aliphatic rings. The maximum Gasteiger partial charge on any atom is 0.311 e. The Kier molecular flexibility index (Phi) is 4.43. The van der Waals surface area contributed by atoms with Crippen molar-refractivity contribution in [1.29, 1.82) is 0 Å². The van der Waals surface area contributed by atoms with Gasteiger partial charge in [0.15, 0.2) is 0 Å². The van der Waals surface area contributed by atoms with E-state index in [4.69, 9.17) is 19.9 Å². The van der Waals surface area contributed by atoms with E-state index in [1.54, 1.807) is 0 Å². The van der Waals surface area contributed by atoms with Crippen LogP contribution in [0.15, 0.2) is 12.3 Å². The van der Waals surface area contributed by atoms with Gasteiger partial charge in [0, 0.05) is 11.6 Å². The molecule has 0 aliphatic carbocycles. The molecule has 2 rings (SSSR count). The van der Waals surface area contributed by atoms with Crippen molar-refractivity contribution in [3.8, 4) is 5.88 Å². The molecule has 6 nitrogen and oxygen atoms in total. The first kappa shape index (κ1) is 15.7. The van der Waals surface area contributed by atoms with Crippen LogP contribution in [-0.2, 0) is 19.8 Å². The van der Waals surface area contributed by atoms with Crippen LogP contribution >= 0.6 is 0 Å². The summed E-state index contributed by atoms with van der Waals surface area (Å²) in [6.45, 7) is 1.84. The fourth-order valence-corrected chi connectivity index (χ4v) is 2.59. The molecule has 0 unspecified atom stereocenters. The number of hydrogen-bond acceptors (Lipinski definition) is 6. The first-order valence-electron chi connectivity index (χ1n) is 6.60. The van der Waals surface area contributed by atoms with Crippen molar-refractivity contribution in [2.75, 3.05) is 20.8 Å². The van der Waals surface area contributed by atoms with Gasteiger partial charge in [-0.2, -0.15) is 0 Å². The lowest BCUT2D eigenvalue weighted by Gasteiger charge is -2.42. The Balaban J connectivity index is 2.48. The van der Waals surface area contributed by atoms with Gasteiger partial charge >= 0.3 is 5.97 Å². The molecule has 1 aromatic rings. The summed E-state index contributed by atoms with van der Waals surface area (Å²) >= 11 is 0. The van der Waals surface area contributed by atoms with E-state index in [9.17, 15) is 9.18 Å². The first-order chi connectivity index (χ1) is 9.92. The minimum atomic E-state index is -1.32. The van der Waals surface area contributed by atoms with E-state index in [0.717, 1.165) is 6.20 Å². The summed E-state index contributed by atoms with van der Waals surface area (Å²) in [4.78, 5) is 15.8.